The molecule has 0 heterocycles. The lowest BCUT2D eigenvalue weighted by Crippen LogP contribution is -2.17. The highest BCUT2D eigenvalue weighted by Crippen LogP contribution is 2.36. The van der Waals surface area contributed by atoms with Gasteiger partial charge in [-0.3, -0.25) is 4.79 Å². The fraction of sp³-hybridized carbons (Fsp3) is 0.130. The van der Waals surface area contributed by atoms with E-state index in [-0.39, 0.29) is 17.9 Å². The van der Waals surface area contributed by atoms with Gasteiger partial charge in [0.1, 0.15) is 12.4 Å². The van der Waals surface area contributed by atoms with Crippen molar-refractivity contribution in [1.29, 1.82) is 0 Å². The zero-order valence-corrected chi connectivity index (χ0v) is 17.8. The maximum Gasteiger partial charge on any atom is 0.275 e. The number of aromatic hydroxyl groups is 1. The number of terminal acetylenes is 1. The average molecular weight is 467 g/mol. The summed E-state index contributed by atoms with van der Waals surface area (Å²) in [5, 5.41) is 15.8. The van der Waals surface area contributed by atoms with E-state index < -0.39 is 5.91 Å². The Kier molecular flexibility index (Phi) is 6.94. The van der Waals surface area contributed by atoms with Gasteiger partial charge in [-0.1, -0.05) is 30.2 Å². The molecule has 0 saturated carbocycles. The van der Waals surface area contributed by atoms with E-state index >= 15 is 0 Å². The quantitative estimate of drug-likeness (QED) is 0.305. The van der Waals surface area contributed by atoms with E-state index in [0.717, 1.165) is 10.8 Å². The molecule has 3 rings (SSSR count). The molecule has 0 atom stereocenters. The number of hydrogen-bond acceptors (Lipinski definition) is 5. The summed E-state index contributed by atoms with van der Waals surface area (Å²) in [5.74, 6) is 2.78. The van der Waals surface area contributed by atoms with Crippen molar-refractivity contribution in [3.8, 4) is 29.6 Å². The molecular weight excluding hydrogens is 448 g/mol. The average Bonchev–Trinajstić information content (AvgIpc) is 2.73. The van der Waals surface area contributed by atoms with Gasteiger partial charge in [0, 0.05) is 0 Å². The second-order valence-electron chi connectivity index (χ2n) is 6.17. The van der Waals surface area contributed by atoms with E-state index in [0.29, 0.717) is 28.1 Å². The van der Waals surface area contributed by atoms with Gasteiger partial charge >= 0.3 is 0 Å². The maximum absolute atomic E-state index is 12.5. The Morgan fingerprint density at radius 1 is 1.23 bits per heavy atom. The molecule has 1 amide bonds. The van der Waals surface area contributed by atoms with E-state index in [9.17, 15) is 9.90 Å². The SMILES string of the molecule is C#CCOc1c(Br)cc(C=NNC(=O)c2cc3ccccc3cc2O)cc1OCC. The van der Waals surface area contributed by atoms with Crippen molar-refractivity contribution in [3.63, 3.8) is 0 Å². The number of amides is 1. The minimum atomic E-state index is -0.521. The molecule has 0 radical (unpaired) electrons. The molecule has 3 aromatic rings. The van der Waals surface area contributed by atoms with E-state index in [1.54, 1.807) is 24.3 Å². The van der Waals surface area contributed by atoms with Crippen molar-refractivity contribution < 1.29 is 19.4 Å². The number of carbonyl (C=O) groups is 1. The van der Waals surface area contributed by atoms with Gasteiger partial charge in [0.25, 0.3) is 5.91 Å². The number of nitrogens with one attached hydrogen (secondary N) is 1. The Hall–Kier alpha value is -3.50. The summed E-state index contributed by atoms with van der Waals surface area (Å²) in [6.45, 7) is 2.41. The van der Waals surface area contributed by atoms with Crippen LogP contribution in [0.1, 0.15) is 22.8 Å². The van der Waals surface area contributed by atoms with Gasteiger partial charge in [-0.2, -0.15) is 5.10 Å². The topological polar surface area (TPSA) is 80.2 Å². The number of benzene rings is 3. The van der Waals surface area contributed by atoms with Crippen LogP contribution in [-0.2, 0) is 0 Å². The number of ether oxygens (including phenoxy) is 2. The van der Waals surface area contributed by atoms with E-state index in [4.69, 9.17) is 15.9 Å². The third kappa shape index (κ3) is 4.91. The van der Waals surface area contributed by atoms with Crippen molar-refractivity contribution in [2.45, 2.75) is 6.92 Å². The van der Waals surface area contributed by atoms with Gasteiger partial charge in [-0.25, -0.2) is 5.43 Å². The third-order valence-corrected chi connectivity index (χ3v) is 4.71. The summed E-state index contributed by atoms with van der Waals surface area (Å²) in [6.07, 6.45) is 6.72. The first-order valence-electron chi connectivity index (χ1n) is 9.11. The molecule has 0 bridgehead atoms. The maximum atomic E-state index is 12.5. The Labute approximate surface area is 182 Å². The fourth-order valence-corrected chi connectivity index (χ4v) is 3.39. The molecule has 3 aromatic carbocycles. The number of carbonyl (C=O) groups excluding carboxylic acids is 1. The van der Waals surface area contributed by atoms with Crippen molar-refractivity contribution >= 4 is 38.8 Å². The number of phenols is 1. The number of hydrogen-bond donors (Lipinski definition) is 2. The predicted molar refractivity (Wildman–Crippen MR) is 120 cm³/mol. The predicted octanol–water partition coefficient (Wildman–Crippen LogP) is 4.48. The van der Waals surface area contributed by atoms with Crippen molar-refractivity contribution in [3.05, 3.63) is 64.1 Å². The van der Waals surface area contributed by atoms with Gasteiger partial charge < -0.3 is 14.6 Å². The van der Waals surface area contributed by atoms with E-state index in [1.807, 2.05) is 31.2 Å². The Balaban J connectivity index is 1.78. The molecule has 0 saturated heterocycles. The van der Waals surface area contributed by atoms with Gasteiger partial charge in [0.2, 0.25) is 0 Å². The number of fused-ring (bicyclic) bond motifs is 1. The minimum Gasteiger partial charge on any atom is -0.507 e. The lowest BCUT2D eigenvalue weighted by atomic mass is 10.1. The van der Waals surface area contributed by atoms with Crippen molar-refractivity contribution in [1.82, 2.24) is 5.43 Å². The van der Waals surface area contributed by atoms with E-state index in [1.165, 1.54) is 6.21 Å². The van der Waals surface area contributed by atoms with Crippen LogP contribution in [-0.4, -0.2) is 30.4 Å². The van der Waals surface area contributed by atoms with Crippen LogP contribution >= 0.6 is 15.9 Å². The molecule has 152 valence electrons. The summed E-state index contributed by atoms with van der Waals surface area (Å²) in [6, 6.07) is 14.1. The molecule has 0 aliphatic carbocycles. The highest BCUT2D eigenvalue weighted by molar-refractivity contribution is 9.10. The number of halogens is 1. The summed E-state index contributed by atoms with van der Waals surface area (Å²) >= 11 is 3.43. The summed E-state index contributed by atoms with van der Waals surface area (Å²) in [5.41, 5.74) is 3.24. The molecule has 0 spiro atoms. The first-order valence-corrected chi connectivity index (χ1v) is 9.90. The normalized spacial score (nSPS) is 10.7. The van der Waals surface area contributed by atoms with Crippen LogP contribution in [0, 0.1) is 12.3 Å². The minimum absolute atomic E-state index is 0.109. The second-order valence-corrected chi connectivity index (χ2v) is 7.03. The molecule has 0 fully saturated rings. The second kappa shape index (κ2) is 9.81. The Morgan fingerprint density at radius 3 is 2.67 bits per heavy atom. The summed E-state index contributed by atoms with van der Waals surface area (Å²) in [7, 11) is 0. The molecule has 0 aliphatic heterocycles. The van der Waals surface area contributed by atoms with Crippen molar-refractivity contribution in [2.75, 3.05) is 13.2 Å². The standard InChI is InChI=1S/C23H19BrN2O4/c1-3-9-30-22-19(24)10-15(11-21(22)29-4-2)14-25-26-23(28)18-12-16-7-5-6-8-17(16)13-20(18)27/h1,5-8,10-14,27H,4,9H2,2H3,(H,26,28). The van der Waals surface area contributed by atoms with Crippen LogP contribution < -0.4 is 14.9 Å². The number of nitrogens with zero attached hydrogens (tertiary/aromatic N) is 1. The van der Waals surface area contributed by atoms with Crippen molar-refractivity contribution in [2.24, 2.45) is 5.10 Å². The number of rotatable bonds is 7. The molecule has 30 heavy (non-hydrogen) atoms. The van der Waals surface area contributed by atoms with Gasteiger partial charge in [0.05, 0.1) is 22.9 Å². The smallest absolute Gasteiger partial charge is 0.275 e. The molecule has 6 nitrogen and oxygen atoms in total. The van der Waals surface area contributed by atoms with Gasteiger partial charge in [-0.05, 0) is 63.5 Å². The Bertz CT molecular complexity index is 1150. The molecule has 0 unspecified atom stereocenters. The highest BCUT2D eigenvalue weighted by atomic mass is 79.9. The molecule has 0 aromatic heterocycles. The zero-order chi connectivity index (χ0) is 21.5. The summed E-state index contributed by atoms with van der Waals surface area (Å²) in [4.78, 5) is 12.5. The van der Waals surface area contributed by atoms with Gasteiger partial charge in [0.15, 0.2) is 11.5 Å². The lowest BCUT2D eigenvalue weighted by molar-refractivity contribution is 0.0952. The van der Waals surface area contributed by atoms with Crippen LogP contribution in [0.4, 0.5) is 0 Å². The van der Waals surface area contributed by atoms with Crippen LogP contribution in [0.2, 0.25) is 0 Å². The molecule has 7 heteroatoms. The lowest BCUT2D eigenvalue weighted by Gasteiger charge is -2.13. The third-order valence-electron chi connectivity index (χ3n) is 4.12. The number of phenolic OH excluding ortho intramolecular Hbond substituents is 1. The molecule has 2 N–H and O–H groups in total. The highest BCUT2D eigenvalue weighted by Gasteiger charge is 2.13. The van der Waals surface area contributed by atoms with Crippen LogP contribution in [0.3, 0.4) is 0 Å². The molecular formula is C23H19BrN2O4. The zero-order valence-electron chi connectivity index (χ0n) is 16.2. The Morgan fingerprint density at radius 2 is 1.97 bits per heavy atom. The largest absolute Gasteiger partial charge is 0.507 e. The summed E-state index contributed by atoms with van der Waals surface area (Å²) < 4.78 is 11.8. The number of hydrazone groups is 1. The van der Waals surface area contributed by atoms with Crippen LogP contribution in [0.15, 0.2) is 58.1 Å². The monoisotopic (exact) mass is 466 g/mol. The van der Waals surface area contributed by atoms with Crippen LogP contribution in [0.25, 0.3) is 10.8 Å². The fourth-order valence-electron chi connectivity index (χ4n) is 2.82. The van der Waals surface area contributed by atoms with E-state index in [2.05, 4.69) is 32.4 Å². The first-order chi connectivity index (χ1) is 14.5. The van der Waals surface area contributed by atoms with Gasteiger partial charge in [-0.15, -0.1) is 6.42 Å². The first kappa shape index (κ1) is 21.2. The molecule has 0 aliphatic rings. The van der Waals surface area contributed by atoms with Crippen LogP contribution in [0.5, 0.6) is 17.2 Å².